The first kappa shape index (κ1) is 22.4. The standard InChI is InChI=1S/C23H27F4N5/c1-15(29-20-9-10-28-14-18(20)24)32-12-4-11-31(2)21-8-7-19(30-22(21)32)16-5-3-6-17(13-16)23(25,26)27/h7-10,14,16-17H,1,3-6,11-13H2,2H3,(H,28,29). The van der Waals surface area contributed by atoms with E-state index in [1.807, 2.05) is 24.1 Å². The average molecular weight is 449 g/mol. The summed E-state index contributed by atoms with van der Waals surface area (Å²) in [6.45, 7) is 5.48. The third kappa shape index (κ3) is 4.66. The number of rotatable bonds is 4. The normalized spacial score (nSPS) is 21.7. The summed E-state index contributed by atoms with van der Waals surface area (Å²) in [7, 11) is 1.96. The minimum absolute atomic E-state index is 0.0621. The summed E-state index contributed by atoms with van der Waals surface area (Å²) in [5, 5.41) is 3.00. The number of halogens is 4. The van der Waals surface area contributed by atoms with E-state index in [2.05, 4.69) is 21.8 Å². The third-order valence-corrected chi connectivity index (χ3v) is 6.35. The Kier molecular flexibility index (Phi) is 6.26. The maximum Gasteiger partial charge on any atom is 0.391 e. The van der Waals surface area contributed by atoms with Crippen LogP contribution in [-0.2, 0) is 0 Å². The molecule has 0 amide bonds. The number of fused-ring (bicyclic) bond motifs is 1. The smallest absolute Gasteiger partial charge is 0.372 e. The van der Waals surface area contributed by atoms with Gasteiger partial charge in [-0.2, -0.15) is 13.2 Å². The molecular formula is C23H27F4N5. The monoisotopic (exact) mass is 449 g/mol. The molecule has 1 saturated carbocycles. The molecule has 32 heavy (non-hydrogen) atoms. The highest BCUT2D eigenvalue weighted by Gasteiger charge is 2.42. The maximum absolute atomic E-state index is 14.1. The molecule has 3 heterocycles. The van der Waals surface area contributed by atoms with E-state index in [4.69, 9.17) is 4.98 Å². The number of aromatic nitrogens is 2. The Morgan fingerprint density at radius 1 is 1.16 bits per heavy atom. The van der Waals surface area contributed by atoms with Crippen LogP contribution in [0, 0.1) is 11.7 Å². The van der Waals surface area contributed by atoms with Crippen LogP contribution in [0.5, 0.6) is 0 Å². The van der Waals surface area contributed by atoms with Gasteiger partial charge in [0.2, 0.25) is 0 Å². The molecule has 0 bridgehead atoms. The van der Waals surface area contributed by atoms with Crippen LogP contribution >= 0.6 is 0 Å². The van der Waals surface area contributed by atoms with Crippen LogP contribution in [0.1, 0.15) is 43.7 Å². The van der Waals surface area contributed by atoms with Crippen molar-refractivity contribution in [2.24, 2.45) is 5.92 Å². The molecule has 2 aromatic heterocycles. The molecule has 172 valence electrons. The van der Waals surface area contributed by atoms with Gasteiger partial charge in [0, 0.05) is 37.9 Å². The highest BCUT2D eigenvalue weighted by Crippen LogP contribution is 2.44. The minimum atomic E-state index is -4.18. The van der Waals surface area contributed by atoms with Crippen molar-refractivity contribution in [2.45, 2.75) is 44.2 Å². The Labute approximate surface area is 185 Å². The summed E-state index contributed by atoms with van der Waals surface area (Å²) < 4.78 is 54.1. The van der Waals surface area contributed by atoms with E-state index >= 15 is 0 Å². The summed E-state index contributed by atoms with van der Waals surface area (Å²) in [6.07, 6.45) is 0.716. The predicted molar refractivity (Wildman–Crippen MR) is 117 cm³/mol. The van der Waals surface area contributed by atoms with Gasteiger partial charge < -0.3 is 15.1 Å². The first-order valence-corrected chi connectivity index (χ1v) is 10.9. The van der Waals surface area contributed by atoms with Crippen molar-refractivity contribution in [2.75, 3.05) is 35.3 Å². The largest absolute Gasteiger partial charge is 0.391 e. The summed E-state index contributed by atoms with van der Waals surface area (Å²) in [5.74, 6) is -0.943. The molecule has 2 aliphatic rings. The second kappa shape index (κ2) is 8.96. The van der Waals surface area contributed by atoms with Gasteiger partial charge in [-0.25, -0.2) is 9.37 Å². The Morgan fingerprint density at radius 3 is 2.72 bits per heavy atom. The molecular weight excluding hydrogens is 422 g/mol. The van der Waals surface area contributed by atoms with Gasteiger partial charge in [-0.05, 0) is 43.9 Å². The summed E-state index contributed by atoms with van der Waals surface area (Å²) in [5.41, 5.74) is 1.79. The second-order valence-corrected chi connectivity index (χ2v) is 8.53. The maximum atomic E-state index is 14.1. The molecule has 4 rings (SSSR count). The number of nitrogens with one attached hydrogen (secondary N) is 1. The van der Waals surface area contributed by atoms with Gasteiger partial charge >= 0.3 is 6.18 Å². The molecule has 5 nitrogen and oxygen atoms in total. The van der Waals surface area contributed by atoms with Crippen molar-refractivity contribution in [3.63, 3.8) is 0 Å². The lowest BCUT2D eigenvalue weighted by molar-refractivity contribution is -0.183. The summed E-state index contributed by atoms with van der Waals surface area (Å²) >= 11 is 0. The van der Waals surface area contributed by atoms with E-state index in [0.717, 1.165) is 24.8 Å². The lowest BCUT2D eigenvalue weighted by Crippen LogP contribution is -2.30. The fourth-order valence-corrected chi connectivity index (χ4v) is 4.59. The number of nitrogens with zero attached hydrogens (tertiary/aromatic N) is 4. The molecule has 0 radical (unpaired) electrons. The second-order valence-electron chi connectivity index (χ2n) is 8.53. The molecule has 0 spiro atoms. The van der Waals surface area contributed by atoms with Crippen LogP contribution in [0.4, 0.5) is 34.8 Å². The lowest BCUT2D eigenvalue weighted by Gasteiger charge is -2.32. The molecule has 1 aliphatic carbocycles. The Morgan fingerprint density at radius 2 is 1.97 bits per heavy atom. The van der Waals surface area contributed by atoms with E-state index in [0.29, 0.717) is 36.7 Å². The van der Waals surface area contributed by atoms with E-state index in [1.54, 1.807) is 0 Å². The van der Waals surface area contributed by atoms with E-state index < -0.39 is 17.9 Å². The van der Waals surface area contributed by atoms with Gasteiger partial charge in [0.25, 0.3) is 0 Å². The molecule has 1 N–H and O–H groups in total. The number of alkyl halides is 3. The molecule has 2 aromatic rings. The lowest BCUT2D eigenvalue weighted by atomic mass is 9.79. The van der Waals surface area contributed by atoms with Crippen molar-refractivity contribution in [1.29, 1.82) is 0 Å². The third-order valence-electron chi connectivity index (χ3n) is 6.35. The highest BCUT2D eigenvalue weighted by atomic mass is 19.4. The number of pyridine rings is 2. The van der Waals surface area contributed by atoms with Crippen molar-refractivity contribution < 1.29 is 17.6 Å². The summed E-state index contributed by atoms with van der Waals surface area (Å²) in [6, 6.07) is 5.29. The SMILES string of the molecule is C=C(Nc1ccncc1F)N1CCCN(C)c2ccc(C3CCCC(C(F)(F)F)C3)nc21. The van der Waals surface area contributed by atoms with Crippen LogP contribution < -0.4 is 15.1 Å². The summed E-state index contributed by atoms with van der Waals surface area (Å²) in [4.78, 5) is 12.6. The number of hydrogen-bond donors (Lipinski definition) is 1. The zero-order chi connectivity index (χ0) is 22.9. The van der Waals surface area contributed by atoms with Crippen molar-refractivity contribution in [3.8, 4) is 0 Å². The van der Waals surface area contributed by atoms with Gasteiger partial charge in [0.15, 0.2) is 11.6 Å². The zero-order valence-corrected chi connectivity index (χ0v) is 18.0. The van der Waals surface area contributed by atoms with Gasteiger partial charge in [-0.15, -0.1) is 0 Å². The quantitative estimate of drug-likeness (QED) is 0.609. The Balaban J connectivity index is 1.64. The van der Waals surface area contributed by atoms with Crippen LogP contribution in [0.25, 0.3) is 0 Å². The van der Waals surface area contributed by atoms with Crippen molar-refractivity contribution >= 4 is 17.2 Å². The van der Waals surface area contributed by atoms with E-state index in [1.165, 1.54) is 12.3 Å². The minimum Gasteiger partial charge on any atom is -0.372 e. The topological polar surface area (TPSA) is 44.3 Å². The Bertz CT molecular complexity index is 977. The molecule has 2 atom stereocenters. The highest BCUT2D eigenvalue weighted by molar-refractivity contribution is 5.71. The Hall–Kier alpha value is -2.84. The van der Waals surface area contributed by atoms with Crippen molar-refractivity contribution in [1.82, 2.24) is 9.97 Å². The fourth-order valence-electron chi connectivity index (χ4n) is 4.59. The van der Waals surface area contributed by atoms with Gasteiger partial charge in [-0.1, -0.05) is 13.0 Å². The molecule has 1 fully saturated rings. The van der Waals surface area contributed by atoms with Crippen LogP contribution in [-0.4, -0.2) is 36.3 Å². The first-order valence-electron chi connectivity index (χ1n) is 10.9. The number of hydrogen-bond acceptors (Lipinski definition) is 5. The molecule has 0 saturated heterocycles. The molecule has 9 heteroatoms. The average Bonchev–Trinajstić information content (AvgIpc) is 2.93. The molecule has 2 unspecified atom stereocenters. The van der Waals surface area contributed by atoms with E-state index in [9.17, 15) is 17.6 Å². The zero-order valence-electron chi connectivity index (χ0n) is 18.0. The van der Waals surface area contributed by atoms with E-state index in [-0.39, 0.29) is 24.4 Å². The van der Waals surface area contributed by atoms with Gasteiger partial charge in [0.05, 0.1) is 23.5 Å². The van der Waals surface area contributed by atoms with Crippen LogP contribution in [0.15, 0.2) is 43.0 Å². The van der Waals surface area contributed by atoms with Crippen LogP contribution in [0.3, 0.4) is 0 Å². The fraction of sp³-hybridized carbons (Fsp3) is 0.478. The number of anilines is 3. The first-order chi connectivity index (χ1) is 15.2. The molecule has 1 aliphatic heterocycles. The van der Waals surface area contributed by atoms with Crippen LogP contribution in [0.2, 0.25) is 0 Å². The predicted octanol–water partition coefficient (Wildman–Crippen LogP) is 5.68. The van der Waals surface area contributed by atoms with Gasteiger partial charge in [0.1, 0.15) is 5.82 Å². The van der Waals surface area contributed by atoms with Gasteiger partial charge in [-0.3, -0.25) is 4.98 Å². The molecule has 0 aromatic carbocycles. The van der Waals surface area contributed by atoms with Crippen molar-refractivity contribution in [3.05, 3.63) is 54.5 Å².